The van der Waals surface area contributed by atoms with E-state index in [0.717, 1.165) is 5.56 Å². The molecule has 1 aliphatic rings. The van der Waals surface area contributed by atoms with Crippen LogP contribution in [0.3, 0.4) is 0 Å². The fraction of sp³-hybridized carbons (Fsp3) is 0.385. The van der Waals surface area contributed by atoms with Crippen molar-refractivity contribution in [2.45, 2.75) is 25.5 Å². The summed E-state index contributed by atoms with van der Waals surface area (Å²) in [6, 6.07) is 14.8. The third-order valence-electron chi connectivity index (χ3n) is 5.86. The molecule has 11 nitrogen and oxygen atoms in total. The maximum Gasteiger partial charge on any atom is 0.408 e. The van der Waals surface area contributed by atoms with Crippen LogP contribution in [-0.4, -0.2) is 84.7 Å². The molecule has 2 N–H and O–H groups in total. The number of carbonyl (C=O) groups excluding carboxylic acids is 3. The summed E-state index contributed by atoms with van der Waals surface area (Å²) in [5.41, 5.74) is 0.767. The van der Waals surface area contributed by atoms with E-state index in [-0.39, 0.29) is 37.9 Å². The number of carboxylic acids is 1. The largest absolute Gasteiger partial charge is 0.493 e. The second kappa shape index (κ2) is 13.7. The summed E-state index contributed by atoms with van der Waals surface area (Å²) in [5, 5.41) is 11.7. The molecule has 198 valence electrons. The van der Waals surface area contributed by atoms with Crippen molar-refractivity contribution in [2.75, 3.05) is 39.9 Å². The quantitative estimate of drug-likeness (QED) is 0.465. The number of carbonyl (C=O) groups is 4. The van der Waals surface area contributed by atoms with Crippen LogP contribution in [0, 0.1) is 0 Å². The normalized spacial score (nSPS) is 13.9. The van der Waals surface area contributed by atoms with Gasteiger partial charge in [0.1, 0.15) is 12.6 Å². The Bertz CT molecular complexity index is 1070. The molecule has 3 rings (SSSR count). The maximum absolute atomic E-state index is 12.6. The van der Waals surface area contributed by atoms with Crippen molar-refractivity contribution in [3.63, 3.8) is 0 Å². The Morgan fingerprint density at radius 2 is 1.49 bits per heavy atom. The maximum atomic E-state index is 12.6. The number of carboxylic acid groups (broad SMARTS) is 1. The highest BCUT2D eigenvalue weighted by molar-refractivity contribution is 5.82. The van der Waals surface area contributed by atoms with Crippen LogP contribution in [0.5, 0.6) is 11.5 Å². The predicted octanol–water partition coefficient (Wildman–Crippen LogP) is 1.90. The number of para-hydroxylation sites is 2. The lowest BCUT2D eigenvalue weighted by atomic mass is 10.1. The second-order valence-electron chi connectivity index (χ2n) is 8.34. The Kier molecular flexibility index (Phi) is 10.1. The summed E-state index contributed by atoms with van der Waals surface area (Å²) < 4.78 is 15.9. The second-order valence-corrected chi connectivity index (χ2v) is 8.34. The highest BCUT2D eigenvalue weighted by atomic mass is 16.5. The molecule has 0 spiro atoms. The summed E-state index contributed by atoms with van der Waals surface area (Å²) in [6.07, 6.45) is -1.02. The molecule has 0 unspecified atom stereocenters. The smallest absolute Gasteiger partial charge is 0.408 e. The van der Waals surface area contributed by atoms with Crippen LogP contribution >= 0.6 is 0 Å². The molecular weight excluding hydrogens is 482 g/mol. The lowest BCUT2D eigenvalue weighted by Gasteiger charge is -2.35. The van der Waals surface area contributed by atoms with Gasteiger partial charge in [-0.15, -0.1) is 0 Å². The first-order valence-electron chi connectivity index (χ1n) is 11.9. The van der Waals surface area contributed by atoms with Gasteiger partial charge >= 0.3 is 12.1 Å². The Labute approximate surface area is 214 Å². The molecule has 1 saturated heterocycles. The molecule has 0 radical (unpaired) electrons. The van der Waals surface area contributed by atoms with Crippen molar-refractivity contribution >= 4 is 23.9 Å². The van der Waals surface area contributed by atoms with E-state index in [1.165, 1.54) is 7.11 Å². The molecule has 2 aromatic rings. The number of nitrogens with one attached hydrogen (secondary N) is 1. The van der Waals surface area contributed by atoms with Crippen molar-refractivity contribution in [2.24, 2.45) is 0 Å². The third kappa shape index (κ3) is 8.41. The van der Waals surface area contributed by atoms with Crippen LogP contribution in [0.15, 0.2) is 54.6 Å². The van der Waals surface area contributed by atoms with E-state index < -0.39 is 18.1 Å². The molecule has 1 aliphatic heterocycles. The number of hydrogen-bond acceptors (Lipinski definition) is 7. The van der Waals surface area contributed by atoms with Gasteiger partial charge in [0.15, 0.2) is 18.1 Å². The summed E-state index contributed by atoms with van der Waals surface area (Å²) >= 11 is 0. The van der Waals surface area contributed by atoms with Crippen molar-refractivity contribution in [1.82, 2.24) is 15.1 Å². The van der Waals surface area contributed by atoms with Gasteiger partial charge in [0.2, 0.25) is 5.91 Å². The summed E-state index contributed by atoms with van der Waals surface area (Å²) in [4.78, 5) is 51.9. The van der Waals surface area contributed by atoms with E-state index in [9.17, 15) is 24.3 Å². The van der Waals surface area contributed by atoms with Crippen LogP contribution in [0.1, 0.15) is 18.4 Å². The number of aliphatic carboxylic acids is 1. The first-order chi connectivity index (χ1) is 17.9. The number of benzene rings is 2. The molecule has 0 bridgehead atoms. The molecule has 11 heteroatoms. The molecule has 2 aromatic carbocycles. The number of alkyl carbamates (subject to hydrolysis) is 1. The van der Waals surface area contributed by atoms with Gasteiger partial charge in [-0.3, -0.25) is 9.59 Å². The SMILES string of the molecule is COc1ccccc1OCC(=O)N1CCN(C(=O)CC[C@H](NC(=O)OCc2ccccc2)C(=O)O)CC1. The van der Waals surface area contributed by atoms with Gasteiger partial charge in [0.25, 0.3) is 5.91 Å². The fourth-order valence-electron chi connectivity index (χ4n) is 3.76. The third-order valence-corrected chi connectivity index (χ3v) is 5.86. The van der Waals surface area contributed by atoms with Gasteiger partial charge in [-0.25, -0.2) is 9.59 Å². The zero-order valence-corrected chi connectivity index (χ0v) is 20.6. The molecule has 1 atom stereocenters. The van der Waals surface area contributed by atoms with Crippen molar-refractivity contribution in [3.8, 4) is 11.5 Å². The lowest BCUT2D eigenvalue weighted by Crippen LogP contribution is -2.52. The van der Waals surface area contributed by atoms with Crippen molar-refractivity contribution in [1.29, 1.82) is 0 Å². The highest BCUT2D eigenvalue weighted by Gasteiger charge is 2.27. The zero-order chi connectivity index (χ0) is 26.6. The number of nitrogens with zero attached hydrogens (tertiary/aromatic N) is 2. The highest BCUT2D eigenvalue weighted by Crippen LogP contribution is 2.25. The van der Waals surface area contributed by atoms with Gasteiger partial charge in [0.05, 0.1) is 7.11 Å². The van der Waals surface area contributed by atoms with Gasteiger partial charge < -0.3 is 34.4 Å². The first kappa shape index (κ1) is 27.3. The van der Waals surface area contributed by atoms with Crippen LogP contribution in [0.25, 0.3) is 0 Å². The molecule has 1 heterocycles. The van der Waals surface area contributed by atoms with Gasteiger partial charge in [0, 0.05) is 32.6 Å². The number of amides is 3. The first-order valence-corrected chi connectivity index (χ1v) is 11.9. The molecule has 0 aliphatic carbocycles. The lowest BCUT2D eigenvalue weighted by molar-refractivity contribution is -0.142. The number of ether oxygens (including phenoxy) is 3. The predicted molar refractivity (Wildman–Crippen MR) is 132 cm³/mol. The standard InChI is InChI=1S/C26H31N3O8/c1-35-21-9-5-6-10-22(21)36-18-24(31)29-15-13-28(14-16-29)23(30)12-11-20(25(32)33)27-26(34)37-17-19-7-3-2-4-8-19/h2-10,20H,11-18H2,1H3,(H,27,34)(H,32,33)/t20-/m0/s1. The monoisotopic (exact) mass is 513 g/mol. The molecule has 3 amide bonds. The van der Waals surface area contributed by atoms with Gasteiger partial charge in [-0.1, -0.05) is 42.5 Å². The Balaban J connectivity index is 1.38. The summed E-state index contributed by atoms with van der Waals surface area (Å²) in [5.74, 6) is -0.706. The average Bonchev–Trinajstić information content (AvgIpc) is 2.93. The average molecular weight is 514 g/mol. The fourth-order valence-corrected chi connectivity index (χ4v) is 3.76. The minimum atomic E-state index is -1.26. The zero-order valence-electron chi connectivity index (χ0n) is 20.6. The van der Waals surface area contributed by atoms with Crippen LogP contribution in [0.4, 0.5) is 4.79 Å². The Morgan fingerprint density at radius 3 is 2.11 bits per heavy atom. The Morgan fingerprint density at radius 1 is 0.892 bits per heavy atom. The molecule has 1 fully saturated rings. The number of methoxy groups -OCH3 is 1. The van der Waals surface area contributed by atoms with E-state index in [4.69, 9.17) is 14.2 Å². The van der Waals surface area contributed by atoms with Crippen LogP contribution in [0.2, 0.25) is 0 Å². The topological polar surface area (TPSA) is 135 Å². The van der Waals surface area contributed by atoms with E-state index in [1.807, 2.05) is 6.07 Å². The summed E-state index contributed by atoms with van der Waals surface area (Å²) in [7, 11) is 1.52. The van der Waals surface area contributed by atoms with E-state index >= 15 is 0 Å². The van der Waals surface area contributed by atoms with Gasteiger partial charge in [-0.05, 0) is 24.1 Å². The van der Waals surface area contributed by atoms with Crippen molar-refractivity contribution < 1.29 is 38.5 Å². The van der Waals surface area contributed by atoms with E-state index in [1.54, 1.807) is 58.3 Å². The molecule has 0 aromatic heterocycles. The minimum Gasteiger partial charge on any atom is -0.493 e. The molecule has 37 heavy (non-hydrogen) atoms. The van der Waals surface area contributed by atoms with Crippen LogP contribution < -0.4 is 14.8 Å². The van der Waals surface area contributed by atoms with Crippen LogP contribution in [-0.2, 0) is 25.7 Å². The molecule has 0 saturated carbocycles. The van der Waals surface area contributed by atoms with E-state index in [2.05, 4.69) is 5.32 Å². The number of piperazine rings is 1. The summed E-state index contributed by atoms with van der Waals surface area (Å²) in [6.45, 7) is 1.18. The minimum absolute atomic E-state index is 0.00484. The van der Waals surface area contributed by atoms with Crippen molar-refractivity contribution in [3.05, 3.63) is 60.2 Å². The van der Waals surface area contributed by atoms with Gasteiger partial charge in [-0.2, -0.15) is 0 Å². The molecular formula is C26H31N3O8. The number of hydrogen-bond donors (Lipinski definition) is 2. The Hall–Kier alpha value is -4.28. The van der Waals surface area contributed by atoms with E-state index in [0.29, 0.717) is 37.7 Å². The number of rotatable bonds is 11.